The van der Waals surface area contributed by atoms with E-state index >= 15 is 0 Å². The molecule has 0 aliphatic heterocycles. The third-order valence-corrected chi connectivity index (χ3v) is 3.63. The first kappa shape index (κ1) is 18.2. The molecule has 0 radical (unpaired) electrons. The Hall–Kier alpha value is -1.84. The minimum absolute atomic E-state index is 0.0403. The minimum atomic E-state index is -1.39. The van der Waals surface area contributed by atoms with Crippen molar-refractivity contribution < 1.29 is 19.8 Å². The highest BCUT2D eigenvalue weighted by Crippen LogP contribution is 2.24. The number of carbonyl (C=O) groups is 2. The summed E-state index contributed by atoms with van der Waals surface area (Å²) >= 11 is 0. The van der Waals surface area contributed by atoms with Gasteiger partial charge in [-0.05, 0) is 47.8 Å². The number of carboxylic acids is 2. The molecule has 0 saturated carbocycles. The molecule has 0 unspecified atom stereocenters. The second kappa shape index (κ2) is 7.97. The lowest BCUT2D eigenvalue weighted by Crippen LogP contribution is -2.26. The molecule has 4 heteroatoms. The molecule has 2 N–H and O–H groups in total. The zero-order chi connectivity index (χ0) is 16.9. The molecule has 0 aliphatic carbocycles. The van der Waals surface area contributed by atoms with Crippen LogP contribution in [0.2, 0.25) is 0 Å². The lowest BCUT2D eigenvalue weighted by molar-refractivity contribution is -0.154. The molecule has 0 fully saturated rings. The summed E-state index contributed by atoms with van der Waals surface area (Å²) in [6.45, 7) is 8.51. The van der Waals surface area contributed by atoms with Crippen LogP contribution >= 0.6 is 0 Å². The molecule has 122 valence electrons. The van der Waals surface area contributed by atoms with Crippen molar-refractivity contribution in [3.63, 3.8) is 0 Å². The monoisotopic (exact) mass is 306 g/mol. The minimum Gasteiger partial charge on any atom is -0.481 e. The Morgan fingerprint density at radius 1 is 0.864 bits per heavy atom. The third kappa shape index (κ3) is 5.17. The number of rotatable bonds is 8. The third-order valence-electron chi connectivity index (χ3n) is 3.63. The van der Waals surface area contributed by atoms with Gasteiger partial charge in [-0.1, -0.05) is 45.9 Å². The predicted molar refractivity (Wildman–Crippen MR) is 86.0 cm³/mol. The van der Waals surface area contributed by atoms with Crippen LogP contribution in [0.4, 0.5) is 0 Å². The average molecular weight is 306 g/mol. The molecule has 1 aromatic carbocycles. The van der Waals surface area contributed by atoms with Gasteiger partial charge in [0.25, 0.3) is 0 Å². The molecule has 4 nitrogen and oxygen atoms in total. The number of hydrogen-bond donors (Lipinski definition) is 2. The summed E-state index contributed by atoms with van der Waals surface area (Å²) in [4.78, 5) is 22.3. The molecule has 0 spiro atoms. The SMILES string of the molecule is CC(C)Cc1cccc(CC(C(=O)O)C(=O)O)c1CC(C)C. The van der Waals surface area contributed by atoms with Crippen molar-refractivity contribution in [2.45, 2.75) is 47.0 Å². The van der Waals surface area contributed by atoms with Crippen LogP contribution in [0, 0.1) is 17.8 Å². The zero-order valence-corrected chi connectivity index (χ0v) is 13.8. The van der Waals surface area contributed by atoms with Gasteiger partial charge >= 0.3 is 11.9 Å². The molecular weight excluding hydrogens is 280 g/mol. The van der Waals surface area contributed by atoms with Crippen LogP contribution in [0.5, 0.6) is 0 Å². The Labute approximate surface area is 132 Å². The topological polar surface area (TPSA) is 74.6 Å². The maximum Gasteiger partial charge on any atom is 0.318 e. The van der Waals surface area contributed by atoms with Crippen LogP contribution in [0.25, 0.3) is 0 Å². The Balaban J connectivity index is 3.21. The van der Waals surface area contributed by atoms with Crippen LogP contribution in [-0.4, -0.2) is 22.2 Å². The van der Waals surface area contributed by atoms with Gasteiger partial charge < -0.3 is 10.2 Å². The molecule has 0 aliphatic rings. The van der Waals surface area contributed by atoms with E-state index in [2.05, 4.69) is 33.8 Å². The van der Waals surface area contributed by atoms with E-state index in [1.807, 2.05) is 12.1 Å². The highest BCUT2D eigenvalue weighted by atomic mass is 16.4. The van der Waals surface area contributed by atoms with Crippen molar-refractivity contribution in [2.75, 3.05) is 0 Å². The predicted octanol–water partition coefficient (Wildman–Crippen LogP) is 3.41. The first-order chi connectivity index (χ1) is 10.2. The Morgan fingerprint density at radius 2 is 1.32 bits per heavy atom. The average Bonchev–Trinajstić information content (AvgIpc) is 2.37. The van der Waals surface area contributed by atoms with E-state index in [4.69, 9.17) is 10.2 Å². The van der Waals surface area contributed by atoms with E-state index in [0.29, 0.717) is 11.8 Å². The number of carboxylic acid groups (broad SMARTS) is 2. The van der Waals surface area contributed by atoms with Gasteiger partial charge in [0, 0.05) is 0 Å². The molecule has 22 heavy (non-hydrogen) atoms. The van der Waals surface area contributed by atoms with Gasteiger partial charge in [-0.3, -0.25) is 9.59 Å². The fourth-order valence-corrected chi connectivity index (χ4v) is 2.68. The fraction of sp³-hybridized carbons (Fsp3) is 0.556. The lowest BCUT2D eigenvalue weighted by Gasteiger charge is -2.19. The van der Waals surface area contributed by atoms with E-state index < -0.39 is 17.9 Å². The van der Waals surface area contributed by atoms with E-state index in [1.54, 1.807) is 0 Å². The molecular formula is C18H26O4. The highest BCUT2D eigenvalue weighted by molar-refractivity contribution is 5.93. The summed E-state index contributed by atoms with van der Waals surface area (Å²) < 4.78 is 0. The summed E-state index contributed by atoms with van der Waals surface area (Å²) in [6, 6.07) is 5.83. The van der Waals surface area contributed by atoms with Gasteiger partial charge in [-0.15, -0.1) is 0 Å². The largest absolute Gasteiger partial charge is 0.481 e. The zero-order valence-electron chi connectivity index (χ0n) is 13.8. The molecule has 0 aromatic heterocycles. The van der Waals surface area contributed by atoms with Crippen molar-refractivity contribution in [3.05, 3.63) is 34.9 Å². The van der Waals surface area contributed by atoms with Crippen molar-refractivity contribution in [1.29, 1.82) is 0 Å². The first-order valence-corrected chi connectivity index (χ1v) is 7.77. The second-order valence-electron chi connectivity index (χ2n) is 6.68. The maximum absolute atomic E-state index is 11.2. The number of benzene rings is 1. The standard InChI is InChI=1S/C18H26O4/c1-11(2)8-13-6-5-7-14(15(13)9-12(3)4)10-16(17(19)20)18(21)22/h5-7,11-12,16H,8-10H2,1-4H3,(H,19,20)(H,21,22). The van der Waals surface area contributed by atoms with E-state index in [-0.39, 0.29) is 6.42 Å². The van der Waals surface area contributed by atoms with Gasteiger partial charge in [-0.2, -0.15) is 0 Å². The fourth-order valence-electron chi connectivity index (χ4n) is 2.68. The Morgan fingerprint density at radius 3 is 1.73 bits per heavy atom. The molecule has 1 rings (SSSR count). The number of aliphatic carboxylic acids is 2. The quantitative estimate of drug-likeness (QED) is 0.722. The van der Waals surface area contributed by atoms with Gasteiger partial charge in [0.15, 0.2) is 5.92 Å². The second-order valence-corrected chi connectivity index (χ2v) is 6.68. The van der Waals surface area contributed by atoms with Gasteiger partial charge in [0.1, 0.15) is 0 Å². The summed E-state index contributed by atoms with van der Waals surface area (Å²) in [7, 11) is 0. The van der Waals surface area contributed by atoms with Gasteiger partial charge in [0.05, 0.1) is 0 Å². The van der Waals surface area contributed by atoms with Gasteiger partial charge in [-0.25, -0.2) is 0 Å². The molecule has 0 bridgehead atoms. The molecule has 0 atom stereocenters. The summed E-state index contributed by atoms with van der Waals surface area (Å²) in [6.07, 6.45) is 1.80. The molecule has 0 heterocycles. The van der Waals surface area contributed by atoms with Crippen LogP contribution in [0.1, 0.15) is 44.4 Å². The molecule has 0 amide bonds. The normalized spacial score (nSPS) is 11.4. The maximum atomic E-state index is 11.2. The van der Waals surface area contributed by atoms with Crippen molar-refractivity contribution in [3.8, 4) is 0 Å². The van der Waals surface area contributed by atoms with Crippen LogP contribution < -0.4 is 0 Å². The van der Waals surface area contributed by atoms with Crippen LogP contribution in [-0.2, 0) is 28.9 Å². The van der Waals surface area contributed by atoms with E-state index in [9.17, 15) is 9.59 Å². The lowest BCUT2D eigenvalue weighted by atomic mass is 9.86. The van der Waals surface area contributed by atoms with Crippen molar-refractivity contribution in [2.24, 2.45) is 17.8 Å². The highest BCUT2D eigenvalue weighted by Gasteiger charge is 2.27. The summed E-state index contributed by atoms with van der Waals surface area (Å²) in [5, 5.41) is 18.2. The van der Waals surface area contributed by atoms with Gasteiger partial charge in [0.2, 0.25) is 0 Å². The molecule has 1 aromatic rings. The number of hydrogen-bond acceptors (Lipinski definition) is 2. The van der Waals surface area contributed by atoms with Crippen LogP contribution in [0.15, 0.2) is 18.2 Å². The summed E-state index contributed by atoms with van der Waals surface area (Å²) in [5.41, 5.74) is 3.18. The van der Waals surface area contributed by atoms with Crippen molar-refractivity contribution >= 4 is 11.9 Å². The smallest absolute Gasteiger partial charge is 0.318 e. The summed E-state index contributed by atoms with van der Waals surface area (Å²) in [5.74, 6) is -3.02. The van der Waals surface area contributed by atoms with E-state index in [1.165, 1.54) is 5.56 Å². The molecule has 0 saturated heterocycles. The first-order valence-electron chi connectivity index (χ1n) is 7.77. The van der Waals surface area contributed by atoms with E-state index in [0.717, 1.165) is 24.0 Å². The van der Waals surface area contributed by atoms with Crippen molar-refractivity contribution in [1.82, 2.24) is 0 Å². The Kier molecular flexibility index (Phi) is 6.60. The Bertz CT molecular complexity index is 518. The van der Waals surface area contributed by atoms with Crippen LogP contribution in [0.3, 0.4) is 0 Å².